The minimum Gasteiger partial charge on any atom is -0.493 e. The number of halogens is 1. The van der Waals surface area contributed by atoms with E-state index in [-0.39, 0.29) is 18.6 Å². The van der Waals surface area contributed by atoms with Gasteiger partial charge in [-0.25, -0.2) is 0 Å². The van der Waals surface area contributed by atoms with E-state index in [0.29, 0.717) is 58.0 Å². The molecule has 34 heavy (non-hydrogen) atoms. The highest BCUT2D eigenvalue weighted by Crippen LogP contribution is 2.41. The quantitative estimate of drug-likeness (QED) is 0.428. The van der Waals surface area contributed by atoms with E-state index in [1.807, 2.05) is 0 Å². The summed E-state index contributed by atoms with van der Waals surface area (Å²) in [5.41, 5.74) is 1.88. The van der Waals surface area contributed by atoms with E-state index >= 15 is 0 Å². The minimum atomic E-state index is -0.121. The lowest BCUT2D eigenvalue weighted by molar-refractivity contribution is 0.0502. The third kappa shape index (κ3) is 5.29. The van der Waals surface area contributed by atoms with Gasteiger partial charge in [0.05, 0.1) is 34.0 Å². The lowest BCUT2D eigenvalue weighted by Gasteiger charge is -2.24. The van der Waals surface area contributed by atoms with Crippen LogP contribution in [0.25, 0.3) is 11.3 Å². The predicted octanol–water partition coefficient (Wildman–Crippen LogP) is 4.84. The highest BCUT2D eigenvalue weighted by molar-refractivity contribution is 6.30. The molecule has 0 spiro atoms. The third-order valence-corrected chi connectivity index (χ3v) is 5.94. The molecule has 0 radical (unpaired) electrons. The molecule has 1 fully saturated rings. The Labute approximate surface area is 203 Å². The Morgan fingerprint density at radius 2 is 1.79 bits per heavy atom. The molecule has 3 aromatic rings. The standard InChI is InChI=1S/C25H27ClN2O6/c1-30-22-11-17(12-23(31-2)24(22)32-3)21-13-19(27-34-21)14-28(15-20-5-4-10-33-20)25(29)16-6-8-18(26)9-7-16/h6-9,11-13,20H,4-5,10,14-15H2,1-3H3. The topological polar surface area (TPSA) is 83.3 Å². The maximum absolute atomic E-state index is 13.3. The fourth-order valence-electron chi connectivity index (χ4n) is 3.97. The molecule has 180 valence electrons. The summed E-state index contributed by atoms with van der Waals surface area (Å²) in [5, 5.41) is 4.78. The Balaban J connectivity index is 1.59. The fraction of sp³-hybridized carbons (Fsp3) is 0.360. The molecule has 8 nitrogen and oxygen atoms in total. The summed E-state index contributed by atoms with van der Waals surface area (Å²) in [6, 6.07) is 12.2. The lowest BCUT2D eigenvalue weighted by Crippen LogP contribution is -2.37. The smallest absolute Gasteiger partial charge is 0.254 e. The largest absolute Gasteiger partial charge is 0.493 e. The van der Waals surface area contributed by atoms with Gasteiger partial charge < -0.3 is 28.4 Å². The van der Waals surface area contributed by atoms with Gasteiger partial charge in [0, 0.05) is 35.4 Å². The van der Waals surface area contributed by atoms with Crippen LogP contribution in [-0.4, -0.2) is 56.5 Å². The first-order valence-corrected chi connectivity index (χ1v) is 11.3. The second-order valence-electron chi connectivity index (χ2n) is 7.92. The summed E-state index contributed by atoms with van der Waals surface area (Å²) in [6.45, 7) is 1.45. The molecule has 1 aliphatic rings. The number of carbonyl (C=O) groups excluding carboxylic acids is 1. The fourth-order valence-corrected chi connectivity index (χ4v) is 4.10. The predicted molar refractivity (Wildman–Crippen MR) is 127 cm³/mol. The molecule has 1 atom stereocenters. The summed E-state index contributed by atoms with van der Waals surface area (Å²) < 4.78 is 27.6. The van der Waals surface area contributed by atoms with Crippen molar-refractivity contribution in [3.8, 4) is 28.6 Å². The van der Waals surface area contributed by atoms with Gasteiger partial charge in [-0.05, 0) is 49.2 Å². The highest BCUT2D eigenvalue weighted by Gasteiger charge is 2.25. The van der Waals surface area contributed by atoms with Crippen LogP contribution in [0.2, 0.25) is 5.02 Å². The number of hydrogen-bond acceptors (Lipinski definition) is 7. The maximum atomic E-state index is 13.3. The molecule has 0 aliphatic carbocycles. The van der Waals surface area contributed by atoms with Gasteiger partial charge >= 0.3 is 0 Å². The molecule has 1 amide bonds. The first-order chi connectivity index (χ1) is 16.5. The third-order valence-electron chi connectivity index (χ3n) is 5.69. The summed E-state index contributed by atoms with van der Waals surface area (Å²) in [6.07, 6.45) is 1.90. The molecule has 2 heterocycles. The molecule has 1 aliphatic heterocycles. The van der Waals surface area contributed by atoms with Crippen molar-refractivity contribution in [1.82, 2.24) is 10.1 Å². The summed E-state index contributed by atoms with van der Waals surface area (Å²) in [4.78, 5) is 15.0. The molecular formula is C25H27ClN2O6. The van der Waals surface area contributed by atoms with E-state index in [9.17, 15) is 4.79 Å². The first kappa shape index (κ1) is 23.9. The molecule has 1 unspecified atom stereocenters. The van der Waals surface area contributed by atoms with Gasteiger partial charge in [0.1, 0.15) is 5.69 Å². The Morgan fingerprint density at radius 3 is 2.38 bits per heavy atom. The number of hydrogen-bond donors (Lipinski definition) is 0. The summed E-state index contributed by atoms with van der Waals surface area (Å²) >= 11 is 5.99. The Hall–Kier alpha value is -3.23. The molecule has 1 saturated heterocycles. The molecule has 4 rings (SSSR count). The van der Waals surface area contributed by atoms with Crippen LogP contribution >= 0.6 is 11.6 Å². The average Bonchev–Trinajstić information content (AvgIpc) is 3.55. The van der Waals surface area contributed by atoms with Crippen molar-refractivity contribution in [3.63, 3.8) is 0 Å². The monoisotopic (exact) mass is 486 g/mol. The van der Waals surface area contributed by atoms with Crippen LogP contribution in [0.4, 0.5) is 0 Å². The summed E-state index contributed by atoms with van der Waals surface area (Å²) in [7, 11) is 4.66. The van der Waals surface area contributed by atoms with Crippen LogP contribution in [0.3, 0.4) is 0 Å². The van der Waals surface area contributed by atoms with Crippen LogP contribution in [-0.2, 0) is 11.3 Å². The molecule has 0 saturated carbocycles. The van der Waals surface area contributed by atoms with Gasteiger partial charge in [-0.1, -0.05) is 16.8 Å². The number of carbonyl (C=O) groups is 1. The van der Waals surface area contributed by atoms with E-state index in [2.05, 4.69) is 5.16 Å². The van der Waals surface area contributed by atoms with Crippen LogP contribution < -0.4 is 14.2 Å². The second-order valence-corrected chi connectivity index (χ2v) is 8.36. The molecule has 0 bridgehead atoms. The van der Waals surface area contributed by atoms with Crippen molar-refractivity contribution in [1.29, 1.82) is 0 Å². The number of ether oxygens (including phenoxy) is 4. The second kappa shape index (κ2) is 10.8. The van der Waals surface area contributed by atoms with Gasteiger partial charge in [-0.2, -0.15) is 0 Å². The zero-order valence-corrected chi connectivity index (χ0v) is 20.1. The Morgan fingerprint density at radius 1 is 1.09 bits per heavy atom. The number of aromatic nitrogens is 1. The average molecular weight is 487 g/mol. The van der Waals surface area contributed by atoms with E-state index in [0.717, 1.165) is 12.8 Å². The van der Waals surface area contributed by atoms with E-state index in [1.165, 1.54) is 0 Å². The molecule has 0 N–H and O–H groups in total. The normalized spacial score (nSPS) is 15.2. The van der Waals surface area contributed by atoms with Crippen LogP contribution in [0.1, 0.15) is 28.9 Å². The van der Waals surface area contributed by atoms with Crippen molar-refractivity contribution in [3.05, 3.63) is 58.7 Å². The van der Waals surface area contributed by atoms with E-state index in [1.54, 1.807) is 68.7 Å². The Bertz CT molecular complexity index is 1100. The molecule has 2 aromatic carbocycles. The SMILES string of the molecule is COc1cc(-c2cc(CN(CC3CCCO3)C(=O)c3ccc(Cl)cc3)no2)cc(OC)c1OC. The number of rotatable bonds is 9. The van der Waals surface area contributed by atoms with Crippen LogP contribution in [0.5, 0.6) is 17.2 Å². The van der Waals surface area contributed by atoms with Crippen LogP contribution in [0.15, 0.2) is 47.0 Å². The van der Waals surface area contributed by atoms with E-state index in [4.69, 9.17) is 35.1 Å². The molecular weight excluding hydrogens is 460 g/mol. The lowest BCUT2D eigenvalue weighted by atomic mass is 10.1. The molecule has 1 aromatic heterocycles. The number of nitrogens with zero attached hydrogens (tertiary/aromatic N) is 2. The number of amides is 1. The van der Waals surface area contributed by atoms with Gasteiger partial charge in [0.25, 0.3) is 5.91 Å². The van der Waals surface area contributed by atoms with Gasteiger partial charge in [-0.15, -0.1) is 0 Å². The van der Waals surface area contributed by atoms with Crippen molar-refractivity contribution >= 4 is 17.5 Å². The van der Waals surface area contributed by atoms with Crippen LogP contribution in [0, 0.1) is 0 Å². The van der Waals surface area contributed by atoms with Crippen molar-refractivity contribution in [2.24, 2.45) is 0 Å². The van der Waals surface area contributed by atoms with Gasteiger partial charge in [0.15, 0.2) is 17.3 Å². The van der Waals surface area contributed by atoms with Gasteiger partial charge in [0.2, 0.25) is 5.75 Å². The highest BCUT2D eigenvalue weighted by atomic mass is 35.5. The minimum absolute atomic E-state index is 0.00210. The zero-order valence-electron chi connectivity index (χ0n) is 19.4. The van der Waals surface area contributed by atoms with E-state index < -0.39 is 0 Å². The maximum Gasteiger partial charge on any atom is 0.254 e. The van der Waals surface area contributed by atoms with Crippen molar-refractivity contribution in [2.45, 2.75) is 25.5 Å². The molecule has 9 heteroatoms. The van der Waals surface area contributed by atoms with Crippen molar-refractivity contribution < 1.29 is 28.3 Å². The number of benzene rings is 2. The Kier molecular flexibility index (Phi) is 7.59. The zero-order chi connectivity index (χ0) is 24.1. The number of methoxy groups -OCH3 is 3. The van der Waals surface area contributed by atoms with Crippen molar-refractivity contribution in [2.75, 3.05) is 34.5 Å². The van der Waals surface area contributed by atoms with Gasteiger partial charge in [-0.3, -0.25) is 4.79 Å². The summed E-state index contributed by atoms with van der Waals surface area (Å²) in [5.74, 6) is 1.90. The first-order valence-electron chi connectivity index (χ1n) is 10.9.